The highest BCUT2D eigenvalue weighted by Crippen LogP contribution is 2.30. The van der Waals surface area contributed by atoms with E-state index in [9.17, 15) is 9.59 Å². The van der Waals surface area contributed by atoms with Crippen LogP contribution in [0.1, 0.15) is 17.3 Å². The number of morpholine rings is 1. The van der Waals surface area contributed by atoms with Gasteiger partial charge in [0.25, 0.3) is 5.91 Å². The number of thiazole rings is 1. The zero-order valence-corrected chi connectivity index (χ0v) is 20.6. The molecule has 0 aliphatic carbocycles. The summed E-state index contributed by atoms with van der Waals surface area (Å²) >= 11 is 1.23. The van der Waals surface area contributed by atoms with Crippen LogP contribution in [0.25, 0.3) is 10.7 Å². The van der Waals surface area contributed by atoms with Crippen molar-refractivity contribution >= 4 is 34.4 Å². The minimum absolute atomic E-state index is 0.0649. The van der Waals surface area contributed by atoms with Gasteiger partial charge in [-0.15, -0.1) is 0 Å². The van der Waals surface area contributed by atoms with Gasteiger partial charge in [-0.1, -0.05) is 11.3 Å². The van der Waals surface area contributed by atoms with Gasteiger partial charge in [-0.25, -0.2) is 9.78 Å². The molecule has 1 fully saturated rings. The fourth-order valence-electron chi connectivity index (χ4n) is 3.28. The minimum Gasteiger partial charge on any atom is -0.424 e. The molecule has 3 aromatic rings. The molecule has 4 rings (SSSR count). The summed E-state index contributed by atoms with van der Waals surface area (Å²) in [6, 6.07) is 6.55. The molecular formula is C22H26N8O4S. The van der Waals surface area contributed by atoms with Gasteiger partial charge in [0.1, 0.15) is 5.75 Å². The lowest BCUT2D eigenvalue weighted by Crippen LogP contribution is -2.44. The highest BCUT2D eigenvalue weighted by atomic mass is 32.1. The molecule has 0 spiro atoms. The van der Waals surface area contributed by atoms with E-state index >= 15 is 0 Å². The number of carbonyl (C=O) groups is 2. The molecule has 1 saturated heterocycles. The fraction of sp³-hybridized carbons (Fsp3) is 0.364. The van der Waals surface area contributed by atoms with Crippen molar-refractivity contribution in [1.82, 2.24) is 30.2 Å². The van der Waals surface area contributed by atoms with Crippen LogP contribution in [0.15, 0.2) is 30.5 Å². The third kappa shape index (κ3) is 5.81. The van der Waals surface area contributed by atoms with Gasteiger partial charge >= 0.3 is 12.0 Å². The Kier molecular flexibility index (Phi) is 7.36. The molecule has 1 unspecified atom stereocenters. The summed E-state index contributed by atoms with van der Waals surface area (Å²) in [4.78, 5) is 45.9. The molecule has 1 aliphatic heterocycles. The lowest BCUT2D eigenvalue weighted by Gasteiger charge is -2.33. The number of nitrogens with zero attached hydrogens (tertiary/aromatic N) is 6. The number of anilines is 2. The van der Waals surface area contributed by atoms with Gasteiger partial charge in [-0.2, -0.15) is 15.0 Å². The lowest BCUT2D eigenvalue weighted by molar-refractivity contribution is 0.0827. The van der Waals surface area contributed by atoms with E-state index in [1.54, 1.807) is 44.6 Å². The number of carbonyl (C=O) groups excluding carboxylic acids is 2. The molecule has 2 N–H and O–H groups in total. The molecule has 3 heterocycles. The van der Waals surface area contributed by atoms with Crippen LogP contribution in [0.2, 0.25) is 0 Å². The van der Waals surface area contributed by atoms with Gasteiger partial charge in [0.15, 0.2) is 11.0 Å². The summed E-state index contributed by atoms with van der Waals surface area (Å²) in [5.41, 5.74) is 0.544. The van der Waals surface area contributed by atoms with Crippen LogP contribution in [0.4, 0.5) is 15.9 Å². The van der Waals surface area contributed by atoms with Crippen molar-refractivity contribution in [2.24, 2.45) is 0 Å². The van der Waals surface area contributed by atoms with Crippen molar-refractivity contribution in [3.8, 4) is 22.5 Å². The van der Waals surface area contributed by atoms with Gasteiger partial charge in [0, 0.05) is 33.3 Å². The number of hydrogen-bond donors (Lipinski definition) is 2. The van der Waals surface area contributed by atoms with Crippen LogP contribution in [0.5, 0.6) is 11.8 Å². The van der Waals surface area contributed by atoms with E-state index in [1.165, 1.54) is 23.3 Å². The average Bonchev–Trinajstić information content (AvgIpc) is 3.32. The second-order valence-electron chi connectivity index (χ2n) is 7.92. The Morgan fingerprint density at radius 1 is 1.20 bits per heavy atom. The molecule has 0 bridgehead atoms. The minimum atomic E-state index is -0.371. The maximum Gasteiger partial charge on any atom is 0.327 e. The van der Waals surface area contributed by atoms with Gasteiger partial charge in [0.05, 0.1) is 30.3 Å². The molecule has 3 amide bonds. The van der Waals surface area contributed by atoms with Crippen LogP contribution in [-0.2, 0) is 4.74 Å². The SMILES string of the molecule is CNC(=O)Nc1ncc(-c2nc(Oc3ccc(C(=O)N(C)C)cc3)nc(N3CCOCC3C)n2)s1. The van der Waals surface area contributed by atoms with Gasteiger partial charge < -0.3 is 24.6 Å². The molecule has 184 valence electrons. The van der Waals surface area contributed by atoms with Crippen LogP contribution < -0.4 is 20.3 Å². The number of urea groups is 1. The van der Waals surface area contributed by atoms with E-state index in [-0.39, 0.29) is 24.0 Å². The quantitative estimate of drug-likeness (QED) is 0.525. The highest BCUT2D eigenvalue weighted by Gasteiger charge is 2.24. The second-order valence-corrected chi connectivity index (χ2v) is 8.95. The van der Waals surface area contributed by atoms with Crippen molar-refractivity contribution in [1.29, 1.82) is 0 Å². The molecule has 0 saturated carbocycles. The molecule has 1 aromatic carbocycles. The van der Waals surface area contributed by atoms with E-state index in [1.807, 2.05) is 11.8 Å². The number of rotatable bonds is 6. The normalized spacial score (nSPS) is 15.4. The Bertz CT molecular complexity index is 1200. The Morgan fingerprint density at radius 2 is 1.97 bits per heavy atom. The Morgan fingerprint density at radius 3 is 2.66 bits per heavy atom. The summed E-state index contributed by atoms with van der Waals surface area (Å²) in [5.74, 6) is 1.19. The first-order valence-corrected chi connectivity index (χ1v) is 11.7. The number of amides is 3. The maximum atomic E-state index is 12.2. The largest absolute Gasteiger partial charge is 0.424 e. The summed E-state index contributed by atoms with van der Waals surface area (Å²) in [7, 11) is 4.92. The first-order chi connectivity index (χ1) is 16.8. The molecule has 2 aromatic heterocycles. The standard InChI is InChI=1S/C22H26N8O4S/c1-13-12-33-10-9-30(13)19-25-17(16-11-24-22(35-16)28-20(32)23-2)26-21(27-19)34-15-7-5-14(6-8-15)18(31)29(3)4/h5-8,11,13H,9-10,12H2,1-4H3,(H2,23,24,28,32). The summed E-state index contributed by atoms with van der Waals surface area (Å²) in [6.07, 6.45) is 1.59. The van der Waals surface area contributed by atoms with E-state index in [2.05, 4.69) is 30.6 Å². The van der Waals surface area contributed by atoms with Gasteiger partial charge in [-0.3, -0.25) is 10.1 Å². The molecule has 1 aliphatic rings. The Hall–Kier alpha value is -3.84. The highest BCUT2D eigenvalue weighted by molar-refractivity contribution is 7.19. The lowest BCUT2D eigenvalue weighted by atomic mass is 10.2. The van der Waals surface area contributed by atoms with Crippen molar-refractivity contribution in [2.75, 3.05) is 51.1 Å². The predicted molar refractivity (Wildman–Crippen MR) is 131 cm³/mol. The third-order valence-electron chi connectivity index (χ3n) is 5.12. The zero-order valence-electron chi connectivity index (χ0n) is 19.8. The number of nitrogens with one attached hydrogen (secondary N) is 2. The number of aromatic nitrogens is 4. The monoisotopic (exact) mass is 498 g/mol. The Labute approximate surface area is 206 Å². The smallest absolute Gasteiger partial charge is 0.327 e. The van der Waals surface area contributed by atoms with E-state index in [4.69, 9.17) is 9.47 Å². The number of benzene rings is 1. The molecule has 12 nitrogen and oxygen atoms in total. The Balaban J connectivity index is 1.65. The molecule has 13 heteroatoms. The predicted octanol–water partition coefficient (Wildman–Crippen LogP) is 2.47. The molecular weight excluding hydrogens is 472 g/mol. The maximum absolute atomic E-state index is 12.2. The number of hydrogen-bond acceptors (Lipinski definition) is 10. The summed E-state index contributed by atoms with van der Waals surface area (Å²) in [6.45, 7) is 3.77. The molecule has 35 heavy (non-hydrogen) atoms. The molecule has 1 atom stereocenters. The van der Waals surface area contributed by atoms with E-state index in [0.29, 0.717) is 52.9 Å². The second kappa shape index (κ2) is 10.6. The van der Waals surface area contributed by atoms with Crippen molar-refractivity contribution in [3.05, 3.63) is 36.0 Å². The third-order valence-corrected chi connectivity index (χ3v) is 6.03. The van der Waals surface area contributed by atoms with Gasteiger partial charge in [-0.05, 0) is 31.2 Å². The summed E-state index contributed by atoms with van der Waals surface area (Å²) < 4.78 is 11.5. The first-order valence-electron chi connectivity index (χ1n) is 10.9. The zero-order chi connectivity index (χ0) is 24.9. The van der Waals surface area contributed by atoms with E-state index in [0.717, 1.165) is 0 Å². The topological polar surface area (TPSA) is 135 Å². The van der Waals surface area contributed by atoms with Crippen LogP contribution in [0, 0.1) is 0 Å². The molecule has 0 radical (unpaired) electrons. The van der Waals surface area contributed by atoms with Crippen molar-refractivity contribution in [3.63, 3.8) is 0 Å². The number of ether oxygens (including phenoxy) is 2. The first kappa shape index (κ1) is 24.3. The van der Waals surface area contributed by atoms with Crippen LogP contribution >= 0.6 is 11.3 Å². The van der Waals surface area contributed by atoms with E-state index < -0.39 is 0 Å². The summed E-state index contributed by atoms with van der Waals surface area (Å²) in [5, 5.41) is 5.53. The van der Waals surface area contributed by atoms with Crippen molar-refractivity contribution in [2.45, 2.75) is 13.0 Å². The average molecular weight is 499 g/mol. The van der Waals surface area contributed by atoms with Crippen LogP contribution in [-0.4, -0.2) is 83.7 Å². The van der Waals surface area contributed by atoms with Gasteiger partial charge in [0.2, 0.25) is 5.95 Å². The fourth-order valence-corrected chi connectivity index (χ4v) is 4.02. The van der Waals surface area contributed by atoms with Crippen molar-refractivity contribution < 1.29 is 19.1 Å². The van der Waals surface area contributed by atoms with Crippen LogP contribution in [0.3, 0.4) is 0 Å².